The number of rotatable bonds is 2. The predicted octanol–water partition coefficient (Wildman–Crippen LogP) is 2.99. The van der Waals surface area contributed by atoms with Crippen molar-refractivity contribution in [2.75, 3.05) is 0 Å². The summed E-state index contributed by atoms with van der Waals surface area (Å²) < 4.78 is 4.63. The van der Waals surface area contributed by atoms with Crippen molar-refractivity contribution in [3.8, 4) is 0 Å². The van der Waals surface area contributed by atoms with E-state index in [2.05, 4.69) is 17.4 Å². The fraction of sp³-hybridized carbons (Fsp3) is 0.125. The Morgan fingerprint density at radius 1 is 1.42 bits per heavy atom. The third-order valence-electron chi connectivity index (χ3n) is 1.27. The largest absolute Gasteiger partial charge is 0.433 e. The minimum Gasteiger partial charge on any atom is -0.433 e. The lowest BCUT2D eigenvalue weighted by atomic mass is 10.2. The Hall–Kier alpha value is -0.670. The summed E-state index contributed by atoms with van der Waals surface area (Å²) in [4.78, 5) is 10.4. The molecule has 0 spiro atoms. The van der Waals surface area contributed by atoms with Crippen LogP contribution in [0.25, 0.3) is 0 Å². The average molecular weight is 203 g/mol. The second kappa shape index (κ2) is 4.38. The number of thiol groups is 1. The van der Waals surface area contributed by atoms with Crippen LogP contribution >= 0.6 is 24.2 Å². The normalized spacial score (nSPS) is 12.2. The summed E-state index contributed by atoms with van der Waals surface area (Å²) in [5, 5.41) is -0.682. The lowest BCUT2D eigenvalue weighted by molar-refractivity contribution is 0.162. The molecule has 0 amide bonds. The molecule has 1 atom stereocenters. The Labute approximate surface area is 80.9 Å². The van der Waals surface area contributed by atoms with Crippen LogP contribution in [0.3, 0.4) is 0 Å². The molecular formula is C8H7ClO2S. The molecule has 0 aromatic heterocycles. The molecule has 0 aliphatic carbocycles. The Morgan fingerprint density at radius 2 is 2.00 bits per heavy atom. The summed E-state index contributed by atoms with van der Waals surface area (Å²) in [6.07, 6.45) is 0. The van der Waals surface area contributed by atoms with Crippen LogP contribution in [0.5, 0.6) is 0 Å². The molecule has 0 heterocycles. The Bertz CT molecular complexity index is 263. The summed E-state index contributed by atoms with van der Waals surface area (Å²) >= 11 is 9.15. The molecule has 0 aliphatic heterocycles. The summed E-state index contributed by atoms with van der Waals surface area (Å²) in [5.41, 5.74) is -0.0160. The number of carbonyl (C=O) groups excluding carboxylic acids is 1. The molecule has 64 valence electrons. The predicted molar refractivity (Wildman–Crippen MR) is 50.5 cm³/mol. The van der Waals surface area contributed by atoms with Gasteiger partial charge in [-0.2, -0.15) is 0 Å². The maximum atomic E-state index is 10.4. The van der Waals surface area contributed by atoms with E-state index >= 15 is 0 Å². The Balaban J connectivity index is 2.65. The molecular weight excluding hydrogens is 196 g/mol. The summed E-state index contributed by atoms with van der Waals surface area (Å²) in [6.45, 7) is 0. The van der Waals surface area contributed by atoms with Gasteiger partial charge in [-0.15, -0.1) is 0 Å². The zero-order valence-electron chi connectivity index (χ0n) is 6.11. The minimum atomic E-state index is -0.754. The molecule has 4 heteroatoms. The van der Waals surface area contributed by atoms with E-state index in [1.165, 1.54) is 0 Å². The van der Waals surface area contributed by atoms with Gasteiger partial charge in [-0.25, -0.2) is 4.79 Å². The van der Waals surface area contributed by atoms with Crippen molar-refractivity contribution in [1.82, 2.24) is 0 Å². The van der Waals surface area contributed by atoms with Gasteiger partial charge in [-0.05, 0) is 0 Å². The first-order valence-corrected chi connectivity index (χ1v) is 4.17. The lowest BCUT2D eigenvalue weighted by Gasteiger charge is -2.08. The highest BCUT2D eigenvalue weighted by molar-refractivity contribution is 7.96. The monoisotopic (exact) mass is 202 g/mol. The molecule has 0 radical (unpaired) electrons. The molecule has 0 saturated carbocycles. The van der Waals surface area contributed by atoms with Gasteiger partial charge >= 0.3 is 5.30 Å². The van der Waals surface area contributed by atoms with E-state index in [0.29, 0.717) is 0 Å². The molecule has 1 aromatic rings. The van der Waals surface area contributed by atoms with Crippen LogP contribution in [0.4, 0.5) is 4.79 Å². The fourth-order valence-corrected chi connectivity index (χ4v) is 1.15. The van der Waals surface area contributed by atoms with Crippen molar-refractivity contribution >= 4 is 29.5 Å². The van der Waals surface area contributed by atoms with E-state index in [9.17, 15) is 4.79 Å². The van der Waals surface area contributed by atoms with Gasteiger partial charge in [0.05, 0.1) is 0 Å². The van der Waals surface area contributed by atoms with Crippen molar-refractivity contribution in [1.29, 1.82) is 0 Å². The van der Waals surface area contributed by atoms with E-state index in [1.54, 1.807) is 12.1 Å². The van der Waals surface area contributed by atoms with E-state index in [4.69, 9.17) is 11.6 Å². The minimum absolute atomic E-state index is 0.682. The number of ether oxygens (including phenoxy) is 1. The Morgan fingerprint density at radius 3 is 2.50 bits per heavy atom. The van der Waals surface area contributed by atoms with Crippen LogP contribution in [0, 0.1) is 0 Å². The van der Waals surface area contributed by atoms with E-state index in [1.807, 2.05) is 18.2 Å². The van der Waals surface area contributed by atoms with E-state index in [0.717, 1.165) is 5.56 Å². The van der Waals surface area contributed by atoms with E-state index in [-0.39, 0.29) is 0 Å². The maximum Gasteiger partial charge on any atom is 0.365 e. The third-order valence-corrected chi connectivity index (χ3v) is 1.71. The topological polar surface area (TPSA) is 26.3 Å². The summed E-state index contributed by atoms with van der Waals surface area (Å²) in [5.74, 6) is 0. The van der Waals surface area contributed by atoms with Crippen molar-refractivity contribution in [3.63, 3.8) is 0 Å². The smallest absolute Gasteiger partial charge is 0.365 e. The lowest BCUT2D eigenvalue weighted by Crippen LogP contribution is -1.98. The molecule has 0 bridgehead atoms. The van der Waals surface area contributed by atoms with Crippen molar-refractivity contribution in [2.24, 2.45) is 0 Å². The van der Waals surface area contributed by atoms with Gasteiger partial charge in [0, 0.05) is 5.56 Å². The molecule has 1 unspecified atom stereocenters. The van der Waals surface area contributed by atoms with Crippen LogP contribution in [-0.4, -0.2) is 5.30 Å². The van der Waals surface area contributed by atoms with Gasteiger partial charge in [-0.3, -0.25) is 0 Å². The number of alkyl halides is 1. The highest BCUT2D eigenvalue weighted by Crippen LogP contribution is 2.21. The third kappa shape index (κ3) is 2.75. The van der Waals surface area contributed by atoms with Gasteiger partial charge < -0.3 is 4.74 Å². The highest BCUT2D eigenvalue weighted by Gasteiger charge is 2.09. The quantitative estimate of drug-likeness (QED) is 0.453. The number of hydrogen-bond donors (Lipinski definition) is 1. The molecule has 12 heavy (non-hydrogen) atoms. The molecule has 0 aliphatic rings. The molecule has 1 aromatic carbocycles. The van der Waals surface area contributed by atoms with Crippen molar-refractivity contribution in [2.45, 2.75) is 5.56 Å². The first-order valence-electron chi connectivity index (χ1n) is 3.29. The molecule has 2 nitrogen and oxygen atoms in total. The van der Waals surface area contributed by atoms with Gasteiger partial charge in [0.2, 0.25) is 5.56 Å². The zero-order chi connectivity index (χ0) is 8.97. The van der Waals surface area contributed by atoms with Crippen molar-refractivity contribution in [3.05, 3.63) is 35.9 Å². The van der Waals surface area contributed by atoms with Gasteiger partial charge in [0.25, 0.3) is 0 Å². The number of carbonyl (C=O) groups is 1. The van der Waals surface area contributed by atoms with Crippen LogP contribution in [0.2, 0.25) is 0 Å². The summed E-state index contributed by atoms with van der Waals surface area (Å²) in [7, 11) is 0. The van der Waals surface area contributed by atoms with Crippen LogP contribution < -0.4 is 0 Å². The number of benzene rings is 1. The first-order chi connectivity index (χ1) is 5.70. The number of halogens is 1. The van der Waals surface area contributed by atoms with Crippen LogP contribution in [0.15, 0.2) is 30.3 Å². The zero-order valence-corrected chi connectivity index (χ0v) is 7.76. The standard InChI is InChI=1S/C8H7ClO2S/c9-7(11-8(10)12)6-4-2-1-3-5-6/h1-5,7H,(H,10,12). The molecule has 1 rings (SSSR count). The van der Waals surface area contributed by atoms with Gasteiger partial charge in [-0.1, -0.05) is 54.6 Å². The number of hydrogen-bond acceptors (Lipinski definition) is 2. The van der Waals surface area contributed by atoms with E-state index < -0.39 is 10.9 Å². The molecule has 0 saturated heterocycles. The van der Waals surface area contributed by atoms with Crippen molar-refractivity contribution < 1.29 is 9.53 Å². The SMILES string of the molecule is O=C(S)OC(Cl)c1ccccc1. The second-order valence-corrected chi connectivity index (χ2v) is 2.87. The van der Waals surface area contributed by atoms with Gasteiger partial charge in [0.15, 0.2) is 0 Å². The molecule has 0 N–H and O–H groups in total. The Kier molecular flexibility index (Phi) is 3.44. The van der Waals surface area contributed by atoms with Crippen LogP contribution in [-0.2, 0) is 4.74 Å². The average Bonchev–Trinajstić information content (AvgIpc) is 2.05. The second-order valence-electron chi connectivity index (χ2n) is 2.11. The first kappa shape index (κ1) is 9.42. The van der Waals surface area contributed by atoms with Gasteiger partial charge in [0.1, 0.15) is 0 Å². The maximum absolute atomic E-state index is 10.4. The molecule has 0 fully saturated rings. The summed E-state index contributed by atoms with van der Waals surface area (Å²) in [6, 6.07) is 9.03. The van der Waals surface area contributed by atoms with Crippen LogP contribution in [0.1, 0.15) is 11.1 Å². The highest BCUT2D eigenvalue weighted by atomic mass is 35.5. The fourth-order valence-electron chi connectivity index (χ4n) is 0.761.